The third-order valence-corrected chi connectivity index (χ3v) is 8.15. The summed E-state index contributed by atoms with van der Waals surface area (Å²) in [6, 6.07) is 20.0. The Balaban J connectivity index is 1.76. The molecule has 216 valence electrons. The number of hydrogen-bond donors (Lipinski definition) is 1. The van der Waals surface area contributed by atoms with Gasteiger partial charge in [-0.2, -0.15) is 5.26 Å². The molecule has 3 aromatic carbocycles. The van der Waals surface area contributed by atoms with Gasteiger partial charge in [-0.05, 0) is 48.4 Å². The number of aryl methyl sites for hydroxylation is 1. The van der Waals surface area contributed by atoms with Gasteiger partial charge in [-0.15, -0.1) is 0 Å². The number of nitriles is 1. The summed E-state index contributed by atoms with van der Waals surface area (Å²) in [5.74, 6) is -3.04. The van der Waals surface area contributed by atoms with E-state index >= 15 is 0 Å². The number of piperazine rings is 1. The summed E-state index contributed by atoms with van der Waals surface area (Å²) in [7, 11) is 1.41. The Hall–Kier alpha value is -4.39. The highest BCUT2D eigenvalue weighted by atomic mass is 19.1. The summed E-state index contributed by atoms with van der Waals surface area (Å²) in [4.78, 5) is 46.2. The smallest absolute Gasteiger partial charge is 0.249 e. The third-order valence-electron chi connectivity index (χ3n) is 8.15. The molecule has 0 spiro atoms. The van der Waals surface area contributed by atoms with Crippen LogP contribution in [-0.4, -0.2) is 73.3 Å². The molecule has 0 aliphatic carbocycles. The summed E-state index contributed by atoms with van der Waals surface area (Å²) in [6.07, 6.45) is 0. The molecule has 4 atom stereocenters. The van der Waals surface area contributed by atoms with Gasteiger partial charge < -0.3 is 19.9 Å². The summed E-state index contributed by atoms with van der Waals surface area (Å²) in [5, 5.41) is 12.7. The number of likely N-dealkylation sites (tertiary alicyclic amines) is 1. The van der Waals surface area contributed by atoms with E-state index in [0.717, 1.165) is 5.56 Å². The van der Waals surface area contributed by atoms with E-state index in [1.54, 1.807) is 59.5 Å². The van der Waals surface area contributed by atoms with Crippen LogP contribution >= 0.6 is 0 Å². The van der Waals surface area contributed by atoms with Crippen LogP contribution in [0.4, 0.5) is 4.39 Å². The second-order valence-corrected chi connectivity index (χ2v) is 10.8. The largest absolute Gasteiger partial charge is 0.375 e. The first-order valence-corrected chi connectivity index (χ1v) is 14.0. The van der Waals surface area contributed by atoms with Crippen molar-refractivity contribution < 1.29 is 23.5 Å². The lowest BCUT2D eigenvalue weighted by Crippen LogP contribution is -2.55. The maximum Gasteiger partial charge on any atom is 0.249 e. The van der Waals surface area contributed by atoms with Crippen molar-refractivity contribution in [3.63, 3.8) is 0 Å². The third kappa shape index (κ3) is 5.69. The van der Waals surface area contributed by atoms with Gasteiger partial charge in [0.15, 0.2) is 5.78 Å². The molecular weight excluding hydrogens is 535 g/mol. The van der Waals surface area contributed by atoms with Crippen molar-refractivity contribution >= 4 is 17.6 Å². The average Bonchev–Trinajstić information content (AvgIpc) is 3.37. The summed E-state index contributed by atoms with van der Waals surface area (Å²) >= 11 is 0. The molecule has 2 fully saturated rings. The van der Waals surface area contributed by atoms with Gasteiger partial charge in [-0.25, -0.2) is 4.39 Å². The van der Waals surface area contributed by atoms with Crippen LogP contribution in [-0.2, 0) is 14.3 Å². The fourth-order valence-electron chi connectivity index (χ4n) is 6.26. The molecule has 8 nitrogen and oxygen atoms in total. The van der Waals surface area contributed by atoms with Gasteiger partial charge in [-0.1, -0.05) is 48.0 Å². The van der Waals surface area contributed by atoms with E-state index < -0.39 is 35.6 Å². The van der Waals surface area contributed by atoms with Crippen LogP contribution in [0.3, 0.4) is 0 Å². The maximum absolute atomic E-state index is 14.6. The van der Waals surface area contributed by atoms with Gasteiger partial charge in [0, 0.05) is 44.8 Å². The Kier molecular flexibility index (Phi) is 8.76. The van der Waals surface area contributed by atoms with Crippen LogP contribution in [0.25, 0.3) is 0 Å². The number of ether oxygens (including phenoxy) is 1. The molecule has 0 radical (unpaired) electrons. The van der Waals surface area contributed by atoms with Crippen LogP contribution in [0, 0.1) is 30.0 Å². The topological polar surface area (TPSA) is 103 Å². The molecule has 4 unspecified atom stereocenters. The lowest BCUT2D eigenvalue weighted by atomic mass is 9.75. The number of nitrogens with one attached hydrogen (secondary N) is 1. The number of hydrogen-bond acceptors (Lipinski definition) is 6. The van der Waals surface area contributed by atoms with Crippen LogP contribution in [0.2, 0.25) is 0 Å². The van der Waals surface area contributed by atoms with Crippen molar-refractivity contribution in [1.82, 2.24) is 15.1 Å². The second kappa shape index (κ2) is 12.6. The number of methoxy groups -OCH3 is 1. The molecule has 2 saturated heterocycles. The number of ketones is 1. The molecule has 42 heavy (non-hydrogen) atoms. The van der Waals surface area contributed by atoms with Crippen molar-refractivity contribution in [1.29, 1.82) is 5.26 Å². The monoisotopic (exact) mass is 568 g/mol. The Bertz CT molecular complexity index is 1500. The lowest BCUT2D eigenvalue weighted by molar-refractivity contribution is -0.148. The first kappa shape index (κ1) is 29.1. The molecule has 2 amide bonds. The SMILES string of the molecule is COCC(=O)N1C(C(=O)N2CCNCC2)C(c2ccc(F)cc2)C(C(=O)c2cccc(C)c2)C1c1ccc(C#N)cc1. The highest BCUT2D eigenvalue weighted by Gasteiger charge is 2.58. The zero-order valence-corrected chi connectivity index (χ0v) is 23.6. The number of benzene rings is 3. The highest BCUT2D eigenvalue weighted by Crippen LogP contribution is 2.51. The number of amides is 2. The Morgan fingerprint density at radius 2 is 1.67 bits per heavy atom. The number of carbonyl (C=O) groups excluding carboxylic acids is 3. The fraction of sp³-hybridized carbons (Fsp3) is 0.333. The van der Waals surface area contributed by atoms with Gasteiger partial charge >= 0.3 is 0 Å². The molecule has 9 heteroatoms. The fourth-order valence-corrected chi connectivity index (χ4v) is 6.26. The van der Waals surface area contributed by atoms with E-state index in [-0.39, 0.29) is 18.3 Å². The van der Waals surface area contributed by atoms with Crippen molar-refractivity contribution in [3.8, 4) is 6.07 Å². The number of halogens is 1. The molecule has 1 N–H and O–H groups in total. The zero-order valence-electron chi connectivity index (χ0n) is 23.6. The summed E-state index contributed by atoms with van der Waals surface area (Å²) in [5.41, 5.74) is 2.99. The summed E-state index contributed by atoms with van der Waals surface area (Å²) < 4.78 is 19.4. The van der Waals surface area contributed by atoms with Crippen LogP contribution in [0.15, 0.2) is 72.8 Å². The number of rotatable bonds is 7. The highest BCUT2D eigenvalue weighted by molar-refractivity contribution is 6.02. The van der Waals surface area contributed by atoms with Gasteiger partial charge in [0.1, 0.15) is 18.5 Å². The first-order chi connectivity index (χ1) is 20.3. The maximum atomic E-state index is 14.6. The molecule has 3 aromatic rings. The Morgan fingerprint density at radius 3 is 2.29 bits per heavy atom. The second-order valence-electron chi connectivity index (χ2n) is 10.8. The van der Waals surface area contributed by atoms with E-state index in [0.29, 0.717) is 48.4 Å². The van der Waals surface area contributed by atoms with Gasteiger partial charge in [0.2, 0.25) is 11.8 Å². The number of nitrogens with zero attached hydrogens (tertiary/aromatic N) is 3. The Labute approximate surface area is 244 Å². The first-order valence-electron chi connectivity index (χ1n) is 14.0. The van der Waals surface area contributed by atoms with Crippen molar-refractivity contribution in [2.45, 2.75) is 24.9 Å². The molecule has 0 saturated carbocycles. The van der Waals surface area contributed by atoms with Gasteiger partial charge in [-0.3, -0.25) is 14.4 Å². The van der Waals surface area contributed by atoms with Crippen LogP contribution < -0.4 is 5.32 Å². The average molecular weight is 569 g/mol. The van der Waals surface area contributed by atoms with Crippen molar-refractivity contribution in [2.75, 3.05) is 39.9 Å². The van der Waals surface area contributed by atoms with Crippen molar-refractivity contribution in [2.24, 2.45) is 5.92 Å². The minimum Gasteiger partial charge on any atom is -0.375 e. The quantitative estimate of drug-likeness (QED) is 0.437. The minimum atomic E-state index is -1.05. The predicted molar refractivity (Wildman–Crippen MR) is 154 cm³/mol. The molecule has 0 bridgehead atoms. The van der Waals surface area contributed by atoms with E-state index in [4.69, 9.17) is 4.74 Å². The zero-order chi connectivity index (χ0) is 29.8. The molecule has 5 rings (SSSR count). The molecule has 2 aliphatic rings. The van der Waals surface area contributed by atoms with Crippen molar-refractivity contribution in [3.05, 3.63) is 106 Å². The number of Topliss-reactive ketones (excluding diaryl/α,β-unsaturated/α-hetero) is 1. The minimum absolute atomic E-state index is 0.229. The molecular formula is C33H33FN4O4. The standard InChI is InChI=1S/C33H33FN4O4/c1-21-4-3-5-25(18-21)32(40)29-28(23-10-12-26(34)13-11-23)31(33(41)37-16-14-36-15-17-37)38(27(39)20-42-2)30(29)24-8-6-22(19-35)7-9-24/h3-13,18,28-31,36H,14-17,20H2,1-2H3. The lowest BCUT2D eigenvalue weighted by Gasteiger charge is -2.36. The normalized spacial score (nSPS) is 22.0. The molecule has 0 aromatic heterocycles. The molecule has 2 aliphatic heterocycles. The summed E-state index contributed by atoms with van der Waals surface area (Å²) in [6.45, 7) is 3.73. The van der Waals surface area contributed by atoms with Crippen LogP contribution in [0.1, 0.15) is 44.6 Å². The van der Waals surface area contributed by atoms with Gasteiger partial charge in [0.05, 0.1) is 23.6 Å². The van der Waals surface area contributed by atoms with Crippen LogP contribution in [0.5, 0.6) is 0 Å². The number of carbonyl (C=O) groups is 3. The molecule has 2 heterocycles. The van der Waals surface area contributed by atoms with E-state index in [9.17, 15) is 24.0 Å². The Morgan fingerprint density at radius 1 is 1.00 bits per heavy atom. The predicted octanol–water partition coefficient (Wildman–Crippen LogP) is 3.62. The van der Waals surface area contributed by atoms with E-state index in [1.807, 2.05) is 13.0 Å². The van der Waals surface area contributed by atoms with Gasteiger partial charge in [0.25, 0.3) is 0 Å². The van der Waals surface area contributed by atoms with E-state index in [2.05, 4.69) is 11.4 Å². The van der Waals surface area contributed by atoms with E-state index in [1.165, 1.54) is 24.1 Å².